The highest BCUT2D eigenvalue weighted by molar-refractivity contribution is 7.83. The van der Waals surface area contributed by atoms with Crippen molar-refractivity contribution in [1.82, 2.24) is 4.57 Å². The topological polar surface area (TPSA) is 65.4 Å². The summed E-state index contributed by atoms with van der Waals surface area (Å²) >= 11 is 0. The summed E-state index contributed by atoms with van der Waals surface area (Å²) in [5.41, 5.74) is 4.41. The molecule has 4 rings (SSSR count). The van der Waals surface area contributed by atoms with Crippen molar-refractivity contribution in [3.05, 3.63) is 95.6 Å². The maximum atomic E-state index is 13.4. The van der Waals surface area contributed by atoms with E-state index in [-0.39, 0.29) is 12.4 Å². The molecule has 0 N–H and O–H groups in total. The zero-order chi connectivity index (χ0) is 23.4. The van der Waals surface area contributed by atoms with E-state index in [1.165, 1.54) is 0 Å². The third-order valence-electron chi connectivity index (χ3n) is 5.48. The number of esters is 1. The van der Waals surface area contributed by atoms with Gasteiger partial charge in [0.05, 0.1) is 16.8 Å². The van der Waals surface area contributed by atoms with E-state index >= 15 is 0 Å². The first-order valence-corrected chi connectivity index (χ1v) is 12.5. The molecule has 1 aromatic heterocycles. The van der Waals surface area contributed by atoms with Crippen molar-refractivity contribution in [3.63, 3.8) is 0 Å². The number of carbonyl (C=O) groups is 2. The van der Waals surface area contributed by atoms with E-state index in [9.17, 15) is 13.8 Å². The number of benzene rings is 3. The molecular weight excluding hydrogens is 434 g/mol. The molecule has 0 aliphatic rings. The van der Waals surface area contributed by atoms with Crippen molar-refractivity contribution in [2.24, 2.45) is 0 Å². The molecule has 168 valence electrons. The molecule has 0 fully saturated rings. The van der Waals surface area contributed by atoms with Crippen LogP contribution in [0, 0.1) is 0 Å². The smallest absolute Gasteiger partial charge is 0.338 e. The second-order valence-electron chi connectivity index (χ2n) is 7.77. The number of aromatic nitrogens is 1. The van der Waals surface area contributed by atoms with Gasteiger partial charge in [-0.2, -0.15) is 0 Å². The Balaban J connectivity index is 1.65. The third kappa shape index (κ3) is 4.81. The van der Waals surface area contributed by atoms with Gasteiger partial charge in [-0.1, -0.05) is 60.7 Å². The lowest BCUT2D eigenvalue weighted by Crippen LogP contribution is -2.15. The monoisotopic (exact) mass is 459 g/mol. The molecule has 1 atom stereocenters. The summed E-state index contributed by atoms with van der Waals surface area (Å²) in [5.74, 6) is -0.471. The number of para-hydroxylation sites is 1. The third-order valence-corrected chi connectivity index (χ3v) is 6.22. The predicted octanol–water partition coefficient (Wildman–Crippen LogP) is 5.25. The van der Waals surface area contributed by atoms with Crippen LogP contribution in [0.4, 0.5) is 0 Å². The summed E-state index contributed by atoms with van der Waals surface area (Å²) in [6.07, 6.45) is 1.61. The Labute approximate surface area is 195 Å². The SMILES string of the molecule is CCn1c(-c2ccccc2)c(C(=O)COC(=O)c2cccc(CS(C)=O)c2)c2ccccc21. The number of fused-ring (bicyclic) bond motifs is 1. The van der Waals surface area contributed by atoms with Gasteiger partial charge in [0.1, 0.15) is 0 Å². The van der Waals surface area contributed by atoms with Gasteiger partial charge in [-0.05, 0) is 36.2 Å². The number of carbonyl (C=O) groups excluding carboxylic acids is 2. The molecule has 0 radical (unpaired) electrons. The molecule has 1 unspecified atom stereocenters. The Morgan fingerprint density at radius 2 is 1.67 bits per heavy atom. The standard InChI is InChI=1S/C27H25NO4S/c1-3-28-23-15-8-7-14-22(23)25(26(28)20-11-5-4-6-12-20)24(29)17-32-27(30)21-13-9-10-19(16-21)18-33(2)31/h4-16H,3,17-18H2,1-2H3. The largest absolute Gasteiger partial charge is 0.454 e. The van der Waals surface area contributed by atoms with E-state index in [1.54, 1.807) is 24.5 Å². The zero-order valence-corrected chi connectivity index (χ0v) is 19.4. The Morgan fingerprint density at radius 3 is 2.39 bits per heavy atom. The van der Waals surface area contributed by atoms with E-state index < -0.39 is 16.8 Å². The highest BCUT2D eigenvalue weighted by Crippen LogP contribution is 2.34. The van der Waals surface area contributed by atoms with E-state index in [4.69, 9.17) is 4.74 Å². The summed E-state index contributed by atoms with van der Waals surface area (Å²) in [7, 11) is -1.02. The van der Waals surface area contributed by atoms with Gasteiger partial charge in [-0.3, -0.25) is 9.00 Å². The van der Waals surface area contributed by atoms with E-state index in [0.29, 0.717) is 23.4 Å². The molecule has 0 bridgehead atoms. The average molecular weight is 460 g/mol. The van der Waals surface area contributed by atoms with Crippen LogP contribution in [0.5, 0.6) is 0 Å². The predicted molar refractivity (Wildman–Crippen MR) is 132 cm³/mol. The van der Waals surface area contributed by atoms with Crippen LogP contribution in [0.25, 0.3) is 22.2 Å². The van der Waals surface area contributed by atoms with Crippen molar-refractivity contribution < 1.29 is 18.5 Å². The van der Waals surface area contributed by atoms with Crippen molar-refractivity contribution in [1.29, 1.82) is 0 Å². The minimum Gasteiger partial charge on any atom is -0.454 e. The Kier molecular flexibility index (Phi) is 6.84. The van der Waals surface area contributed by atoms with Gasteiger partial charge in [-0.25, -0.2) is 4.79 Å². The summed E-state index contributed by atoms with van der Waals surface area (Å²) in [4.78, 5) is 26.0. The van der Waals surface area contributed by atoms with Crippen molar-refractivity contribution >= 4 is 33.5 Å². The molecule has 1 heterocycles. The number of ketones is 1. The second-order valence-corrected chi connectivity index (χ2v) is 9.20. The number of aryl methyl sites for hydroxylation is 1. The van der Waals surface area contributed by atoms with Crippen LogP contribution in [-0.4, -0.2) is 33.4 Å². The fourth-order valence-corrected chi connectivity index (χ4v) is 4.77. The van der Waals surface area contributed by atoms with Crippen LogP contribution in [0.2, 0.25) is 0 Å². The van der Waals surface area contributed by atoms with Crippen LogP contribution in [0.3, 0.4) is 0 Å². The molecule has 0 aliphatic heterocycles. The molecule has 33 heavy (non-hydrogen) atoms. The summed E-state index contributed by atoms with van der Waals surface area (Å²) < 4.78 is 19.0. The van der Waals surface area contributed by atoms with E-state index in [0.717, 1.165) is 27.7 Å². The number of rotatable bonds is 8. The molecule has 0 saturated heterocycles. The maximum absolute atomic E-state index is 13.4. The number of hydrogen-bond acceptors (Lipinski definition) is 4. The zero-order valence-electron chi connectivity index (χ0n) is 18.6. The van der Waals surface area contributed by atoms with Gasteiger partial charge in [0.25, 0.3) is 0 Å². The Hall–Kier alpha value is -3.51. The van der Waals surface area contributed by atoms with E-state index in [2.05, 4.69) is 4.57 Å². The quantitative estimate of drug-likeness (QED) is 0.267. The molecule has 0 saturated carbocycles. The lowest BCUT2D eigenvalue weighted by Gasteiger charge is -2.11. The second kappa shape index (κ2) is 9.96. The normalized spacial score (nSPS) is 11.9. The Bertz CT molecular complexity index is 1340. The fraction of sp³-hybridized carbons (Fsp3) is 0.185. The first-order valence-electron chi connectivity index (χ1n) is 10.8. The number of nitrogens with zero attached hydrogens (tertiary/aromatic N) is 1. The number of Topliss-reactive ketones (excluding diaryl/α,β-unsaturated/α-hetero) is 1. The van der Waals surface area contributed by atoms with Gasteiger partial charge < -0.3 is 9.30 Å². The maximum Gasteiger partial charge on any atom is 0.338 e. The van der Waals surface area contributed by atoms with Crippen molar-refractivity contribution in [2.45, 2.75) is 19.2 Å². The van der Waals surface area contributed by atoms with Crippen LogP contribution in [0.15, 0.2) is 78.9 Å². The minimum absolute atomic E-state index is 0.253. The molecular formula is C27H25NO4S. The number of ether oxygens (including phenoxy) is 1. The molecule has 0 aliphatic carbocycles. The first-order chi connectivity index (χ1) is 16.0. The first kappa shape index (κ1) is 22.7. The van der Waals surface area contributed by atoms with Crippen LogP contribution in [-0.2, 0) is 27.8 Å². The summed E-state index contributed by atoms with van der Waals surface area (Å²) in [5, 5.41) is 0.840. The average Bonchev–Trinajstić information content (AvgIpc) is 3.17. The summed E-state index contributed by atoms with van der Waals surface area (Å²) in [6.45, 7) is 2.38. The van der Waals surface area contributed by atoms with Crippen LogP contribution in [0.1, 0.15) is 33.2 Å². The molecule has 4 aromatic rings. The highest BCUT2D eigenvalue weighted by atomic mass is 32.2. The molecule has 0 spiro atoms. The molecule has 3 aromatic carbocycles. The summed E-state index contributed by atoms with van der Waals surface area (Å²) in [6, 6.07) is 24.4. The number of hydrogen-bond donors (Lipinski definition) is 0. The van der Waals surface area contributed by atoms with Gasteiger partial charge in [0.15, 0.2) is 6.61 Å². The van der Waals surface area contributed by atoms with Crippen LogP contribution < -0.4 is 0 Å². The van der Waals surface area contributed by atoms with Gasteiger partial charge in [-0.15, -0.1) is 0 Å². The fourth-order valence-electron chi connectivity index (χ4n) is 4.12. The van der Waals surface area contributed by atoms with Crippen molar-refractivity contribution in [3.8, 4) is 11.3 Å². The molecule has 5 nitrogen and oxygen atoms in total. The highest BCUT2D eigenvalue weighted by Gasteiger charge is 2.24. The van der Waals surface area contributed by atoms with Gasteiger partial charge in [0.2, 0.25) is 5.78 Å². The van der Waals surface area contributed by atoms with Crippen molar-refractivity contribution in [2.75, 3.05) is 12.9 Å². The van der Waals surface area contributed by atoms with Gasteiger partial charge >= 0.3 is 5.97 Å². The minimum atomic E-state index is -1.02. The van der Waals surface area contributed by atoms with Crippen LogP contribution >= 0.6 is 0 Å². The molecule has 0 amide bonds. The lowest BCUT2D eigenvalue weighted by atomic mass is 10.0. The van der Waals surface area contributed by atoms with Gasteiger partial charge in [0, 0.05) is 40.3 Å². The lowest BCUT2D eigenvalue weighted by molar-refractivity contribution is 0.0475. The Morgan fingerprint density at radius 1 is 0.939 bits per heavy atom. The molecule has 6 heteroatoms. The van der Waals surface area contributed by atoms with E-state index in [1.807, 2.05) is 67.6 Å².